The number of benzene rings is 4. The molecular formula is C45H51N2O13S4+. The van der Waals surface area contributed by atoms with Crippen LogP contribution in [0, 0.1) is 0 Å². The first-order valence-corrected chi connectivity index (χ1v) is 26.1. The van der Waals surface area contributed by atoms with Gasteiger partial charge in [0.1, 0.15) is 22.1 Å². The van der Waals surface area contributed by atoms with E-state index < -0.39 is 70.9 Å². The molecule has 0 saturated carbocycles. The average molecular weight is 956 g/mol. The first-order chi connectivity index (χ1) is 29.6. The van der Waals surface area contributed by atoms with Crippen molar-refractivity contribution in [2.45, 2.75) is 104 Å². The summed E-state index contributed by atoms with van der Waals surface area (Å²) < 4.78 is 141. The number of hydrogen-bond donors (Lipinski definition) is 4. The zero-order valence-electron chi connectivity index (χ0n) is 36.1. The summed E-state index contributed by atoms with van der Waals surface area (Å²) in [6, 6.07) is 10.3. The summed E-state index contributed by atoms with van der Waals surface area (Å²) in [4.78, 5) is 11.0. The second kappa shape index (κ2) is 17.5. The number of anilines is 1. The predicted octanol–water partition coefficient (Wildman–Crippen LogP) is 8.27. The third kappa shape index (κ3) is 9.44. The van der Waals surface area contributed by atoms with Crippen LogP contribution in [-0.2, 0) is 56.1 Å². The van der Waals surface area contributed by atoms with Gasteiger partial charge in [-0.3, -0.25) is 18.2 Å². The maximum atomic E-state index is 12.5. The van der Waals surface area contributed by atoms with E-state index in [-0.39, 0.29) is 27.3 Å². The van der Waals surface area contributed by atoms with Crippen LogP contribution in [-0.4, -0.2) is 81.0 Å². The van der Waals surface area contributed by atoms with Gasteiger partial charge < -0.3 is 9.69 Å². The smallest absolute Gasteiger partial charge is 0.295 e. The number of hydrogen-bond acceptors (Lipinski definition) is 10. The van der Waals surface area contributed by atoms with Gasteiger partial charge in [-0.05, 0) is 92.4 Å². The molecule has 0 aromatic heterocycles. The fourth-order valence-corrected chi connectivity index (χ4v) is 11.7. The minimum absolute atomic E-state index is 0.0810. The highest BCUT2D eigenvalue weighted by atomic mass is 32.2. The minimum atomic E-state index is -4.92. The van der Waals surface area contributed by atoms with Crippen molar-refractivity contribution in [1.29, 1.82) is 0 Å². The van der Waals surface area contributed by atoms with Gasteiger partial charge >= 0.3 is 0 Å². The molecule has 0 spiro atoms. The SMILES string of the molecule is CCC[N+]1=C(/C=C/C=C/C=C/C=C2/N(CCCCCC(C)=O)c3ccc4c(S(=O)(=O)O)cc(S(=O)(=O)O)cc4c3C2(C)C)C(C)(C)c2c1ccc1c(S(=O)(=O)O)cc(S(=O)(=O)O)cc21. The van der Waals surface area contributed by atoms with Gasteiger partial charge in [0.15, 0.2) is 5.71 Å². The van der Waals surface area contributed by atoms with Crippen LogP contribution < -0.4 is 4.90 Å². The van der Waals surface area contributed by atoms with Crippen molar-refractivity contribution < 1.29 is 61.3 Å². The second-order valence-corrected chi connectivity index (χ2v) is 22.6. The average Bonchev–Trinajstić information content (AvgIpc) is 3.53. The lowest BCUT2D eigenvalue weighted by Gasteiger charge is -2.27. The normalized spacial score (nSPS) is 17.3. The van der Waals surface area contributed by atoms with Crippen LogP contribution in [0.4, 0.5) is 11.4 Å². The predicted molar refractivity (Wildman–Crippen MR) is 245 cm³/mol. The molecule has 0 radical (unpaired) electrons. The molecule has 4 N–H and O–H groups in total. The number of allylic oxidation sites excluding steroid dienone is 8. The minimum Gasteiger partial charge on any atom is -0.344 e. The summed E-state index contributed by atoms with van der Waals surface area (Å²) in [7, 11) is -19.5. The second-order valence-electron chi connectivity index (χ2n) is 17.0. The molecule has 0 unspecified atom stereocenters. The lowest BCUT2D eigenvalue weighted by Crippen LogP contribution is -2.28. The fourth-order valence-electron chi connectivity index (χ4n) is 9.01. The van der Waals surface area contributed by atoms with Gasteiger partial charge in [-0.15, -0.1) is 0 Å². The van der Waals surface area contributed by atoms with Crippen LogP contribution in [0.15, 0.2) is 116 Å². The maximum absolute atomic E-state index is 12.5. The third-order valence-electron chi connectivity index (χ3n) is 11.8. The van der Waals surface area contributed by atoms with Crippen LogP contribution >= 0.6 is 0 Å². The Labute approximate surface area is 374 Å². The summed E-state index contributed by atoms with van der Waals surface area (Å²) in [5, 5.41) is 0.648. The van der Waals surface area contributed by atoms with Gasteiger partial charge in [0.25, 0.3) is 40.5 Å². The van der Waals surface area contributed by atoms with E-state index in [1.807, 2.05) is 58.9 Å². The number of ketones is 1. The summed E-state index contributed by atoms with van der Waals surface area (Å²) in [6.45, 7) is 12.2. The first-order valence-electron chi connectivity index (χ1n) is 20.4. The van der Waals surface area contributed by atoms with Crippen LogP contribution in [0.5, 0.6) is 0 Å². The highest BCUT2D eigenvalue weighted by Crippen LogP contribution is 2.52. The molecule has 6 rings (SSSR count). The Hall–Kier alpha value is -4.86. The summed E-state index contributed by atoms with van der Waals surface area (Å²) in [6.07, 6.45) is 16.2. The molecule has 0 aliphatic carbocycles. The van der Waals surface area contributed by atoms with Crippen molar-refractivity contribution in [3.8, 4) is 0 Å². The van der Waals surface area contributed by atoms with E-state index in [0.29, 0.717) is 54.9 Å². The molecule has 2 aliphatic heterocycles. The number of fused-ring (bicyclic) bond motifs is 6. The van der Waals surface area contributed by atoms with Gasteiger partial charge in [0.05, 0.1) is 15.2 Å². The number of Topliss-reactive ketones (excluding diaryl/α,β-unsaturated/α-hetero) is 1. The molecule has 0 bridgehead atoms. The summed E-state index contributed by atoms with van der Waals surface area (Å²) in [5.74, 6) is 0.0910. The zero-order valence-corrected chi connectivity index (χ0v) is 39.4. The van der Waals surface area contributed by atoms with Crippen molar-refractivity contribution in [2.75, 3.05) is 18.0 Å². The summed E-state index contributed by atoms with van der Waals surface area (Å²) >= 11 is 0. The third-order valence-corrected chi connectivity index (χ3v) is 15.2. The van der Waals surface area contributed by atoms with Crippen molar-refractivity contribution in [2.24, 2.45) is 0 Å². The van der Waals surface area contributed by atoms with Crippen molar-refractivity contribution in [3.05, 3.63) is 108 Å². The largest absolute Gasteiger partial charge is 0.344 e. The van der Waals surface area contributed by atoms with Gasteiger partial charge in [-0.25, -0.2) is 0 Å². The number of rotatable bonds is 16. The van der Waals surface area contributed by atoms with Crippen LogP contribution in [0.1, 0.15) is 84.8 Å². The van der Waals surface area contributed by atoms with Crippen molar-refractivity contribution in [1.82, 2.24) is 0 Å². The molecule has 64 heavy (non-hydrogen) atoms. The Bertz CT molecular complexity index is 3230. The molecule has 0 fully saturated rings. The highest BCUT2D eigenvalue weighted by Gasteiger charge is 2.46. The molecule has 4 aromatic carbocycles. The van der Waals surface area contributed by atoms with E-state index in [1.165, 1.54) is 31.2 Å². The molecule has 0 atom stereocenters. The molecule has 342 valence electrons. The fraction of sp³-hybridized carbons (Fsp3) is 0.333. The number of nitrogens with zero attached hydrogens (tertiary/aromatic N) is 2. The zero-order chi connectivity index (χ0) is 47.4. The first kappa shape index (κ1) is 48.6. The Morgan fingerprint density at radius 3 is 1.70 bits per heavy atom. The van der Waals surface area contributed by atoms with E-state index in [2.05, 4.69) is 9.48 Å². The Balaban J connectivity index is 1.37. The van der Waals surface area contributed by atoms with Gasteiger partial charge in [-0.2, -0.15) is 38.2 Å². The topological polar surface area (TPSA) is 241 Å². The molecule has 2 aliphatic rings. The Morgan fingerprint density at radius 1 is 0.641 bits per heavy atom. The van der Waals surface area contributed by atoms with E-state index in [9.17, 15) is 56.7 Å². The van der Waals surface area contributed by atoms with E-state index in [4.69, 9.17) is 0 Å². The van der Waals surface area contributed by atoms with Gasteiger partial charge in [0.2, 0.25) is 5.69 Å². The molecular weight excluding hydrogens is 905 g/mol. The van der Waals surface area contributed by atoms with Gasteiger partial charge in [-0.1, -0.05) is 63.6 Å². The maximum Gasteiger partial charge on any atom is 0.295 e. The van der Waals surface area contributed by atoms with Crippen LogP contribution in [0.25, 0.3) is 21.5 Å². The van der Waals surface area contributed by atoms with Crippen molar-refractivity contribution >= 4 is 84.9 Å². The number of unbranched alkanes of at least 4 members (excludes halogenated alkanes) is 2. The van der Waals surface area contributed by atoms with Crippen LogP contribution in [0.2, 0.25) is 0 Å². The van der Waals surface area contributed by atoms with Gasteiger partial charge in [0, 0.05) is 64.7 Å². The number of carbonyl (C=O) groups excluding carboxylic acids is 1. The molecule has 19 heteroatoms. The van der Waals surface area contributed by atoms with E-state index >= 15 is 0 Å². The number of carbonyl (C=O) groups is 1. The van der Waals surface area contributed by atoms with Crippen LogP contribution in [0.3, 0.4) is 0 Å². The van der Waals surface area contributed by atoms with E-state index in [1.54, 1.807) is 30.4 Å². The Kier molecular flexibility index (Phi) is 13.3. The highest BCUT2D eigenvalue weighted by molar-refractivity contribution is 7.87. The standard InChI is InChI=1S/C45H50N2O13S4/c1-7-23-46-36-21-19-32-34(25-30(61(49,50)51)27-38(32)63(55,56)57)42(36)44(3,4)40(46)17-13-9-8-10-14-18-41-45(5,6)43-35-26-31(62(52,53)54)28-39(64(58,59)60)33(35)20-22-37(43)47(41)24-15-11-12-16-29(2)48/h8-10,13-14,17-22,25-28H,7,11-12,15-16,23-24H2,1-6H3,(H3-,49,50,51,52,53,54,55,56,57,58,59,60)/p+1. The molecule has 0 saturated heterocycles. The molecule has 15 nitrogen and oxygen atoms in total. The van der Waals surface area contributed by atoms with Crippen molar-refractivity contribution in [3.63, 3.8) is 0 Å². The molecule has 2 heterocycles. The quantitative estimate of drug-likeness (QED) is 0.0358. The molecule has 4 aromatic rings. The summed E-state index contributed by atoms with van der Waals surface area (Å²) in [5.41, 5.74) is 2.55. The molecule has 0 amide bonds. The lowest BCUT2D eigenvalue weighted by atomic mass is 9.79. The monoisotopic (exact) mass is 955 g/mol. The lowest BCUT2D eigenvalue weighted by molar-refractivity contribution is -0.437. The van der Waals surface area contributed by atoms with E-state index in [0.717, 1.165) is 36.4 Å². The Morgan fingerprint density at radius 2 is 1.17 bits per heavy atom.